The van der Waals surface area contributed by atoms with Crippen molar-refractivity contribution in [2.24, 2.45) is 0 Å². The average Bonchev–Trinajstić information content (AvgIpc) is 3.16. The summed E-state index contributed by atoms with van der Waals surface area (Å²) in [7, 11) is 0. The summed E-state index contributed by atoms with van der Waals surface area (Å²) in [5.41, 5.74) is 2.09. The number of carbonyl (C=O) groups excluding carboxylic acids is 1. The number of rotatable bonds is 3. The number of aromatic nitrogens is 3. The molecule has 1 aliphatic rings. The Kier molecular flexibility index (Phi) is 3.27. The van der Waals surface area contributed by atoms with Gasteiger partial charge in [-0.1, -0.05) is 32.9 Å². The number of anilines is 1. The molecule has 5 heteroatoms. The highest BCUT2D eigenvalue weighted by Crippen LogP contribution is 2.37. The number of carbonyl (C=O) groups is 1. The molecule has 0 bridgehead atoms. The van der Waals surface area contributed by atoms with E-state index >= 15 is 0 Å². The Labute approximate surface area is 124 Å². The summed E-state index contributed by atoms with van der Waals surface area (Å²) in [5.74, 6) is 1.21. The van der Waals surface area contributed by atoms with Crippen LogP contribution in [0.2, 0.25) is 0 Å². The van der Waals surface area contributed by atoms with Gasteiger partial charge < -0.3 is 5.32 Å². The van der Waals surface area contributed by atoms with Gasteiger partial charge in [0.15, 0.2) is 0 Å². The number of H-pyrrole nitrogens is 1. The highest BCUT2D eigenvalue weighted by atomic mass is 16.2. The lowest BCUT2D eigenvalue weighted by molar-refractivity contribution is 0.101. The van der Waals surface area contributed by atoms with Crippen LogP contribution in [0.4, 0.5) is 5.69 Å². The third kappa shape index (κ3) is 3.12. The van der Waals surface area contributed by atoms with Crippen molar-refractivity contribution in [3.05, 3.63) is 41.5 Å². The molecule has 1 heterocycles. The maximum absolute atomic E-state index is 12.1. The molecule has 0 spiro atoms. The first-order chi connectivity index (χ1) is 9.93. The predicted octanol–water partition coefficient (Wildman–Crippen LogP) is 3.23. The van der Waals surface area contributed by atoms with Crippen LogP contribution in [0.1, 0.15) is 61.5 Å². The molecule has 0 radical (unpaired) electrons. The number of nitrogens with zero attached hydrogens (tertiary/aromatic N) is 2. The lowest BCUT2D eigenvalue weighted by Crippen LogP contribution is -2.15. The number of amides is 1. The van der Waals surface area contributed by atoms with Gasteiger partial charge in [-0.25, -0.2) is 4.98 Å². The van der Waals surface area contributed by atoms with Gasteiger partial charge in [-0.05, 0) is 36.0 Å². The number of nitrogens with one attached hydrogen (secondary N) is 2. The van der Waals surface area contributed by atoms with E-state index in [4.69, 9.17) is 0 Å². The molecule has 0 atom stereocenters. The van der Waals surface area contributed by atoms with Crippen LogP contribution in [-0.2, 0) is 5.41 Å². The fourth-order valence-corrected chi connectivity index (χ4v) is 2.16. The SMILES string of the molecule is CC(C)(C)c1ccc(NC(=O)c2n[nH]c(C3CC3)n2)cc1. The summed E-state index contributed by atoms with van der Waals surface area (Å²) in [6.45, 7) is 6.48. The van der Waals surface area contributed by atoms with Crippen molar-refractivity contribution in [1.29, 1.82) is 0 Å². The third-order valence-electron chi connectivity index (χ3n) is 3.68. The zero-order valence-corrected chi connectivity index (χ0v) is 12.6. The van der Waals surface area contributed by atoms with Crippen LogP contribution in [0.5, 0.6) is 0 Å². The Morgan fingerprint density at radius 2 is 1.90 bits per heavy atom. The van der Waals surface area contributed by atoms with Crippen LogP contribution >= 0.6 is 0 Å². The van der Waals surface area contributed by atoms with E-state index in [1.165, 1.54) is 5.56 Å². The van der Waals surface area contributed by atoms with Crippen molar-refractivity contribution in [1.82, 2.24) is 15.2 Å². The van der Waals surface area contributed by atoms with E-state index < -0.39 is 0 Å². The zero-order chi connectivity index (χ0) is 15.0. The van der Waals surface area contributed by atoms with Crippen LogP contribution in [0.15, 0.2) is 24.3 Å². The van der Waals surface area contributed by atoms with Gasteiger partial charge >= 0.3 is 0 Å². The van der Waals surface area contributed by atoms with Gasteiger partial charge in [-0.3, -0.25) is 9.89 Å². The quantitative estimate of drug-likeness (QED) is 0.909. The maximum Gasteiger partial charge on any atom is 0.295 e. The minimum atomic E-state index is -0.276. The Balaban J connectivity index is 1.68. The molecular weight excluding hydrogens is 264 g/mol. The molecule has 1 saturated carbocycles. The Bertz CT molecular complexity index is 648. The second-order valence-electron chi connectivity index (χ2n) is 6.60. The molecule has 3 rings (SSSR count). The van der Waals surface area contributed by atoms with Crippen LogP contribution in [0.3, 0.4) is 0 Å². The molecule has 21 heavy (non-hydrogen) atoms. The Morgan fingerprint density at radius 1 is 1.24 bits per heavy atom. The average molecular weight is 284 g/mol. The molecule has 2 N–H and O–H groups in total. The first-order valence-corrected chi connectivity index (χ1v) is 7.28. The summed E-state index contributed by atoms with van der Waals surface area (Å²) in [5, 5.41) is 9.65. The lowest BCUT2D eigenvalue weighted by atomic mass is 9.87. The molecule has 0 aliphatic heterocycles. The molecule has 1 aliphatic carbocycles. The van der Waals surface area contributed by atoms with E-state index in [2.05, 4.69) is 41.3 Å². The van der Waals surface area contributed by atoms with Crippen molar-refractivity contribution in [3.63, 3.8) is 0 Å². The summed E-state index contributed by atoms with van der Waals surface area (Å²) in [4.78, 5) is 16.3. The van der Waals surface area contributed by atoms with Gasteiger partial charge in [0.2, 0.25) is 5.82 Å². The van der Waals surface area contributed by atoms with E-state index in [0.29, 0.717) is 5.92 Å². The fraction of sp³-hybridized carbons (Fsp3) is 0.438. The van der Waals surface area contributed by atoms with Gasteiger partial charge in [0.25, 0.3) is 5.91 Å². The van der Waals surface area contributed by atoms with Crippen molar-refractivity contribution < 1.29 is 4.79 Å². The van der Waals surface area contributed by atoms with Gasteiger partial charge in [0.05, 0.1) is 0 Å². The van der Waals surface area contributed by atoms with Crippen LogP contribution in [0.25, 0.3) is 0 Å². The Hall–Kier alpha value is -2.17. The van der Waals surface area contributed by atoms with Crippen molar-refractivity contribution in [3.8, 4) is 0 Å². The molecule has 0 saturated heterocycles. The van der Waals surface area contributed by atoms with Crippen LogP contribution < -0.4 is 5.32 Å². The summed E-state index contributed by atoms with van der Waals surface area (Å²) >= 11 is 0. The van der Waals surface area contributed by atoms with E-state index in [9.17, 15) is 4.79 Å². The monoisotopic (exact) mass is 284 g/mol. The van der Waals surface area contributed by atoms with Crippen LogP contribution in [0, 0.1) is 0 Å². The molecule has 1 aromatic carbocycles. The molecule has 0 unspecified atom stereocenters. The number of hydrogen-bond acceptors (Lipinski definition) is 3. The molecule has 2 aromatic rings. The Morgan fingerprint density at radius 3 is 2.48 bits per heavy atom. The van der Waals surface area contributed by atoms with Crippen molar-refractivity contribution in [2.75, 3.05) is 5.32 Å². The number of aromatic amines is 1. The minimum absolute atomic E-state index is 0.103. The number of hydrogen-bond donors (Lipinski definition) is 2. The highest BCUT2D eigenvalue weighted by Gasteiger charge is 2.28. The molecule has 1 aromatic heterocycles. The summed E-state index contributed by atoms with van der Waals surface area (Å²) in [6, 6.07) is 7.88. The first-order valence-electron chi connectivity index (χ1n) is 7.28. The van der Waals surface area contributed by atoms with Crippen molar-refractivity contribution in [2.45, 2.75) is 44.9 Å². The summed E-state index contributed by atoms with van der Waals surface area (Å²) in [6.07, 6.45) is 2.26. The fourth-order valence-electron chi connectivity index (χ4n) is 2.16. The van der Waals surface area contributed by atoms with Crippen LogP contribution in [-0.4, -0.2) is 21.1 Å². The first kappa shape index (κ1) is 13.8. The molecule has 1 fully saturated rings. The van der Waals surface area contributed by atoms with Gasteiger partial charge in [0, 0.05) is 11.6 Å². The predicted molar refractivity (Wildman–Crippen MR) is 81.5 cm³/mol. The van der Waals surface area contributed by atoms with Gasteiger partial charge in [0.1, 0.15) is 5.82 Å². The van der Waals surface area contributed by atoms with E-state index in [1.807, 2.05) is 24.3 Å². The zero-order valence-electron chi connectivity index (χ0n) is 12.6. The van der Waals surface area contributed by atoms with Crippen molar-refractivity contribution >= 4 is 11.6 Å². The maximum atomic E-state index is 12.1. The smallest absolute Gasteiger partial charge is 0.295 e. The summed E-state index contributed by atoms with van der Waals surface area (Å²) < 4.78 is 0. The van der Waals surface area contributed by atoms with Gasteiger partial charge in [-0.15, -0.1) is 5.10 Å². The van der Waals surface area contributed by atoms with Gasteiger partial charge in [-0.2, -0.15) is 0 Å². The molecule has 110 valence electrons. The second-order valence-corrected chi connectivity index (χ2v) is 6.60. The topological polar surface area (TPSA) is 70.7 Å². The minimum Gasteiger partial charge on any atom is -0.319 e. The largest absolute Gasteiger partial charge is 0.319 e. The molecule has 1 amide bonds. The molecule has 5 nitrogen and oxygen atoms in total. The van der Waals surface area contributed by atoms with E-state index in [0.717, 1.165) is 24.4 Å². The van der Waals surface area contributed by atoms with E-state index in [1.54, 1.807) is 0 Å². The lowest BCUT2D eigenvalue weighted by Gasteiger charge is -2.19. The second kappa shape index (κ2) is 4.98. The normalized spacial score (nSPS) is 15.0. The highest BCUT2D eigenvalue weighted by molar-refractivity contribution is 6.01. The third-order valence-corrected chi connectivity index (χ3v) is 3.68. The van der Waals surface area contributed by atoms with E-state index in [-0.39, 0.29) is 17.1 Å². The molecular formula is C16H20N4O. The standard InChI is InChI=1S/C16H20N4O/c1-16(2,3)11-6-8-12(9-7-11)17-15(21)14-18-13(19-20-14)10-4-5-10/h6-10H,4-5H2,1-3H3,(H,17,21)(H,18,19,20). The number of benzene rings is 1.